The summed E-state index contributed by atoms with van der Waals surface area (Å²) in [5, 5.41) is 7.99. The Morgan fingerprint density at radius 2 is 2.09 bits per heavy atom. The van der Waals surface area contributed by atoms with Crippen molar-refractivity contribution >= 4 is 17.5 Å². The Morgan fingerprint density at radius 3 is 2.68 bits per heavy atom. The Hall–Kier alpha value is -1.95. The van der Waals surface area contributed by atoms with Crippen molar-refractivity contribution in [3.63, 3.8) is 0 Å². The maximum atomic E-state index is 13.8. The van der Waals surface area contributed by atoms with Gasteiger partial charge in [0.25, 0.3) is 5.91 Å². The Labute approximate surface area is 132 Å². The second-order valence-electron chi connectivity index (χ2n) is 5.32. The second kappa shape index (κ2) is 6.04. The van der Waals surface area contributed by atoms with E-state index in [0.717, 1.165) is 0 Å². The molecule has 0 spiro atoms. The molecule has 0 N–H and O–H groups in total. The van der Waals surface area contributed by atoms with Crippen LogP contribution in [0.4, 0.5) is 4.39 Å². The molecule has 22 heavy (non-hydrogen) atoms. The van der Waals surface area contributed by atoms with Crippen molar-refractivity contribution in [3.05, 3.63) is 46.4 Å². The topological polar surface area (TPSA) is 59.2 Å². The molecule has 0 aliphatic carbocycles. The van der Waals surface area contributed by atoms with E-state index in [1.54, 1.807) is 11.8 Å². The second-order valence-corrected chi connectivity index (χ2v) is 5.73. The Kier molecular flexibility index (Phi) is 4.11. The maximum Gasteiger partial charge on any atom is 0.258 e. The molecule has 0 bridgehead atoms. The van der Waals surface area contributed by atoms with Crippen LogP contribution in [0.2, 0.25) is 5.02 Å². The molecular weight excluding hydrogens is 309 g/mol. The van der Waals surface area contributed by atoms with Crippen molar-refractivity contribution in [1.29, 1.82) is 0 Å². The van der Waals surface area contributed by atoms with E-state index in [1.165, 1.54) is 18.2 Å². The van der Waals surface area contributed by atoms with Gasteiger partial charge in [-0.15, -0.1) is 10.2 Å². The molecule has 2 heterocycles. The minimum absolute atomic E-state index is 0.0590. The fraction of sp³-hybridized carbons (Fsp3) is 0.400. The molecule has 2 aromatic rings. The maximum absolute atomic E-state index is 13.8. The molecule has 1 aromatic carbocycles. The number of hydrogen-bond donors (Lipinski definition) is 0. The van der Waals surface area contributed by atoms with Crippen molar-refractivity contribution in [2.45, 2.75) is 25.7 Å². The first kappa shape index (κ1) is 15.0. The van der Waals surface area contributed by atoms with Gasteiger partial charge in [0.2, 0.25) is 11.8 Å². The molecule has 7 heteroatoms. The number of carbonyl (C=O) groups excluding carboxylic acids is 1. The Morgan fingerprint density at radius 1 is 1.36 bits per heavy atom. The van der Waals surface area contributed by atoms with Crippen LogP contribution in [-0.4, -0.2) is 34.1 Å². The van der Waals surface area contributed by atoms with Gasteiger partial charge in [-0.2, -0.15) is 0 Å². The summed E-state index contributed by atoms with van der Waals surface area (Å²) >= 11 is 5.95. The molecule has 1 aliphatic heterocycles. The normalized spacial score (nSPS) is 16.0. The quantitative estimate of drug-likeness (QED) is 0.851. The molecule has 1 aromatic heterocycles. The highest BCUT2D eigenvalue weighted by Crippen LogP contribution is 2.29. The summed E-state index contributed by atoms with van der Waals surface area (Å²) in [5.41, 5.74) is -0.0590. The number of carbonyl (C=O) groups is 1. The van der Waals surface area contributed by atoms with Gasteiger partial charge in [-0.3, -0.25) is 4.79 Å². The number of rotatable bonds is 2. The van der Waals surface area contributed by atoms with E-state index in [2.05, 4.69) is 10.2 Å². The average Bonchev–Trinajstić information content (AvgIpc) is 2.94. The third kappa shape index (κ3) is 2.83. The average molecular weight is 324 g/mol. The molecule has 1 aliphatic rings. The fourth-order valence-corrected chi connectivity index (χ4v) is 2.91. The van der Waals surface area contributed by atoms with Gasteiger partial charge in [-0.05, 0) is 25.0 Å². The van der Waals surface area contributed by atoms with Crippen molar-refractivity contribution in [2.75, 3.05) is 13.1 Å². The number of aromatic nitrogens is 2. The van der Waals surface area contributed by atoms with Crippen LogP contribution >= 0.6 is 11.6 Å². The molecule has 0 radical (unpaired) electrons. The molecule has 116 valence electrons. The summed E-state index contributed by atoms with van der Waals surface area (Å²) in [6.07, 6.45) is 1.42. The van der Waals surface area contributed by atoms with Crippen molar-refractivity contribution in [2.24, 2.45) is 0 Å². The van der Waals surface area contributed by atoms with Gasteiger partial charge >= 0.3 is 0 Å². The van der Waals surface area contributed by atoms with Crippen LogP contribution in [0.5, 0.6) is 0 Å². The number of aryl methyl sites for hydroxylation is 1. The minimum Gasteiger partial charge on any atom is -0.425 e. The van der Waals surface area contributed by atoms with E-state index in [9.17, 15) is 9.18 Å². The van der Waals surface area contributed by atoms with Crippen molar-refractivity contribution in [3.8, 4) is 0 Å². The fourth-order valence-electron chi connectivity index (χ4n) is 2.67. The Balaban J connectivity index is 1.70. The first-order valence-electron chi connectivity index (χ1n) is 7.09. The zero-order chi connectivity index (χ0) is 15.7. The van der Waals surface area contributed by atoms with Crippen molar-refractivity contribution in [1.82, 2.24) is 15.1 Å². The lowest BCUT2D eigenvalue weighted by Gasteiger charge is -2.30. The number of hydrogen-bond acceptors (Lipinski definition) is 4. The summed E-state index contributed by atoms with van der Waals surface area (Å²) in [6, 6.07) is 4.25. The minimum atomic E-state index is -0.591. The molecule has 0 unspecified atom stereocenters. The van der Waals surface area contributed by atoms with Crippen LogP contribution in [0, 0.1) is 12.7 Å². The van der Waals surface area contributed by atoms with Crippen LogP contribution in [0.25, 0.3) is 0 Å². The molecule has 5 nitrogen and oxygen atoms in total. The highest BCUT2D eigenvalue weighted by atomic mass is 35.5. The van der Waals surface area contributed by atoms with Crippen LogP contribution in [-0.2, 0) is 0 Å². The van der Waals surface area contributed by atoms with Crippen LogP contribution in [0.3, 0.4) is 0 Å². The van der Waals surface area contributed by atoms with E-state index < -0.39 is 5.82 Å². The van der Waals surface area contributed by atoms with E-state index in [0.29, 0.717) is 37.7 Å². The van der Waals surface area contributed by atoms with Gasteiger partial charge in [0.05, 0.1) is 10.6 Å². The third-order valence-corrected chi connectivity index (χ3v) is 4.16. The predicted octanol–water partition coefficient (Wildman–Crippen LogP) is 3.19. The summed E-state index contributed by atoms with van der Waals surface area (Å²) in [5.74, 6) is 0.317. The molecule has 1 fully saturated rings. The molecule has 0 saturated carbocycles. The lowest BCUT2D eigenvalue weighted by Crippen LogP contribution is -2.38. The predicted molar refractivity (Wildman–Crippen MR) is 78.3 cm³/mol. The monoisotopic (exact) mass is 323 g/mol. The van der Waals surface area contributed by atoms with Crippen LogP contribution in [0.1, 0.15) is 40.9 Å². The van der Waals surface area contributed by atoms with Gasteiger partial charge in [0.1, 0.15) is 5.82 Å². The smallest absolute Gasteiger partial charge is 0.258 e. The lowest BCUT2D eigenvalue weighted by molar-refractivity contribution is 0.0701. The van der Waals surface area contributed by atoms with Gasteiger partial charge in [-0.25, -0.2) is 4.39 Å². The molecule has 1 saturated heterocycles. The number of amides is 1. The Bertz CT molecular complexity index is 676. The number of piperidine rings is 1. The summed E-state index contributed by atoms with van der Waals surface area (Å²) in [6.45, 7) is 2.76. The summed E-state index contributed by atoms with van der Waals surface area (Å²) < 4.78 is 19.3. The number of likely N-dealkylation sites (tertiary alicyclic amines) is 1. The highest BCUT2D eigenvalue weighted by Gasteiger charge is 2.29. The van der Waals surface area contributed by atoms with E-state index in [1.807, 2.05) is 0 Å². The van der Waals surface area contributed by atoms with E-state index in [-0.39, 0.29) is 22.4 Å². The largest absolute Gasteiger partial charge is 0.425 e. The first-order chi connectivity index (χ1) is 10.6. The molecule has 3 rings (SSSR count). The van der Waals surface area contributed by atoms with Crippen molar-refractivity contribution < 1.29 is 13.6 Å². The number of halogens is 2. The zero-order valence-corrected chi connectivity index (χ0v) is 12.8. The van der Waals surface area contributed by atoms with Crippen LogP contribution < -0.4 is 0 Å². The molecule has 0 atom stereocenters. The zero-order valence-electron chi connectivity index (χ0n) is 12.1. The number of benzene rings is 1. The van der Waals surface area contributed by atoms with E-state index in [4.69, 9.17) is 16.0 Å². The molecule has 1 amide bonds. The van der Waals surface area contributed by atoms with Gasteiger partial charge in [0, 0.05) is 25.9 Å². The highest BCUT2D eigenvalue weighted by molar-refractivity contribution is 6.33. The first-order valence-corrected chi connectivity index (χ1v) is 7.47. The summed E-state index contributed by atoms with van der Waals surface area (Å²) in [4.78, 5) is 14.1. The summed E-state index contributed by atoms with van der Waals surface area (Å²) in [7, 11) is 0. The SMILES string of the molecule is Cc1nnc(C2CCN(C(=O)c3c(F)cccc3Cl)CC2)o1. The van der Waals surface area contributed by atoms with Gasteiger partial charge in [-0.1, -0.05) is 17.7 Å². The lowest BCUT2D eigenvalue weighted by atomic mass is 9.96. The van der Waals surface area contributed by atoms with Crippen LogP contribution in [0.15, 0.2) is 22.6 Å². The van der Waals surface area contributed by atoms with Gasteiger partial charge < -0.3 is 9.32 Å². The molecular formula is C15H15ClFN3O2. The van der Waals surface area contributed by atoms with Gasteiger partial charge in [0.15, 0.2) is 0 Å². The number of nitrogens with zero attached hydrogens (tertiary/aromatic N) is 3. The third-order valence-electron chi connectivity index (χ3n) is 3.85. The van der Waals surface area contributed by atoms with E-state index >= 15 is 0 Å². The standard InChI is InChI=1S/C15H15ClFN3O2/c1-9-18-19-14(22-9)10-5-7-20(8-6-10)15(21)13-11(16)3-2-4-12(13)17/h2-4,10H,5-8H2,1H3.